The van der Waals surface area contributed by atoms with Gasteiger partial charge in [-0.05, 0) is 49.5 Å². The van der Waals surface area contributed by atoms with Crippen molar-refractivity contribution < 1.29 is 9.59 Å². The molecule has 1 aromatic rings. The van der Waals surface area contributed by atoms with Gasteiger partial charge in [-0.25, -0.2) is 0 Å². The van der Waals surface area contributed by atoms with E-state index in [1.54, 1.807) is 0 Å². The first-order chi connectivity index (χ1) is 11.3. The molecular formula is C20H30N2O2. The molecule has 1 fully saturated rings. The van der Waals surface area contributed by atoms with Gasteiger partial charge in [0, 0.05) is 6.04 Å². The van der Waals surface area contributed by atoms with Gasteiger partial charge in [-0.2, -0.15) is 0 Å². The molecule has 132 valence electrons. The Morgan fingerprint density at radius 2 is 1.58 bits per heavy atom. The zero-order chi connectivity index (χ0) is 17.7. The van der Waals surface area contributed by atoms with Gasteiger partial charge in [-0.15, -0.1) is 0 Å². The van der Waals surface area contributed by atoms with Gasteiger partial charge < -0.3 is 10.6 Å². The molecular weight excluding hydrogens is 300 g/mol. The Bertz CT molecular complexity index is 555. The van der Waals surface area contributed by atoms with Gasteiger partial charge >= 0.3 is 11.8 Å². The van der Waals surface area contributed by atoms with Crippen molar-refractivity contribution in [2.45, 2.75) is 65.5 Å². The van der Waals surface area contributed by atoms with Crippen molar-refractivity contribution in [1.29, 1.82) is 0 Å². The molecule has 1 atom stereocenters. The van der Waals surface area contributed by atoms with Crippen LogP contribution in [0.3, 0.4) is 0 Å². The largest absolute Gasteiger partial charge is 0.345 e. The van der Waals surface area contributed by atoms with Crippen molar-refractivity contribution in [3.05, 3.63) is 35.9 Å². The summed E-state index contributed by atoms with van der Waals surface area (Å²) in [5.74, 6) is -0.376. The third kappa shape index (κ3) is 5.08. The number of hydrogen-bond donors (Lipinski definition) is 2. The topological polar surface area (TPSA) is 58.2 Å². The van der Waals surface area contributed by atoms with E-state index >= 15 is 0 Å². The lowest BCUT2D eigenvalue weighted by Crippen LogP contribution is -2.46. The summed E-state index contributed by atoms with van der Waals surface area (Å²) >= 11 is 0. The monoisotopic (exact) mass is 330 g/mol. The van der Waals surface area contributed by atoms with Crippen LogP contribution in [0.15, 0.2) is 30.3 Å². The molecule has 1 aliphatic carbocycles. The van der Waals surface area contributed by atoms with E-state index in [2.05, 4.69) is 31.4 Å². The molecule has 1 aromatic carbocycles. The van der Waals surface area contributed by atoms with Crippen LogP contribution < -0.4 is 10.6 Å². The fraction of sp³-hybridized carbons (Fsp3) is 0.600. The molecule has 1 aliphatic rings. The normalized spacial score (nSPS) is 22.5. The standard InChI is InChI=1S/C20H30N2O2/c1-14(15-8-6-5-7-9-15)21-18(23)19(24)22-17-12-10-16(11-13-17)20(2,3)4/h5-9,14,16-17H,10-13H2,1-4H3,(H,21,23)(H,22,24)/t14-,16?,17?/m1/s1. The number of benzene rings is 1. The number of amides is 2. The van der Waals surface area contributed by atoms with Crippen LogP contribution in [-0.2, 0) is 9.59 Å². The average Bonchev–Trinajstić information content (AvgIpc) is 2.55. The lowest BCUT2D eigenvalue weighted by atomic mass is 9.71. The molecule has 24 heavy (non-hydrogen) atoms. The molecule has 2 N–H and O–H groups in total. The highest BCUT2D eigenvalue weighted by atomic mass is 16.2. The van der Waals surface area contributed by atoms with Gasteiger partial charge in [0.25, 0.3) is 0 Å². The van der Waals surface area contributed by atoms with Gasteiger partial charge in [0.15, 0.2) is 0 Å². The number of nitrogens with one attached hydrogen (secondary N) is 2. The molecule has 4 nitrogen and oxygen atoms in total. The Morgan fingerprint density at radius 3 is 2.12 bits per heavy atom. The van der Waals surface area contributed by atoms with E-state index in [0.29, 0.717) is 11.3 Å². The van der Waals surface area contributed by atoms with E-state index < -0.39 is 11.8 Å². The minimum Gasteiger partial charge on any atom is -0.345 e. The van der Waals surface area contributed by atoms with Crippen LogP contribution in [0.1, 0.15) is 65.0 Å². The minimum atomic E-state index is -0.552. The van der Waals surface area contributed by atoms with Crippen molar-refractivity contribution in [3.63, 3.8) is 0 Å². The van der Waals surface area contributed by atoms with Crippen molar-refractivity contribution in [2.24, 2.45) is 11.3 Å². The molecule has 0 saturated heterocycles. The summed E-state index contributed by atoms with van der Waals surface area (Å²) in [6, 6.07) is 9.60. The Morgan fingerprint density at radius 1 is 1.00 bits per heavy atom. The Balaban J connectivity index is 1.79. The van der Waals surface area contributed by atoms with E-state index in [1.807, 2.05) is 37.3 Å². The molecule has 2 amide bonds. The van der Waals surface area contributed by atoms with Crippen molar-refractivity contribution in [2.75, 3.05) is 0 Å². The van der Waals surface area contributed by atoms with Crippen molar-refractivity contribution in [3.8, 4) is 0 Å². The van der Waals surface area contributed by atoms with Gasteiger partial charge in [0.2, 0.25) is 0 Å². The predicted molar refractivity (Wildman–Crippen MR) is 96.3 cm³/mol. The van der Waals surface area contributed by atoms with E-state index in [-0.39, 0.29) is 12.1 Å². The van der Waals surface area contributed by atoms with Crippen LogP contribution in [0, 0.1) is 11.3 Å². The Hall–Kier alpha value is -1.84. The number of carbonyl (C=O) groups is 2. The summed E-state index contributed by atoms with van der Waals surface area (Å²) in [5.41, 5.74) is 1.31. The lowest BCUT2D eigenvalue weighted by Gasteiger charge is -2.37. The fourth-order valence-electron chi connectivity index (χ4n) is 3.44. The summed E-state index contributed by atoms with van der Waals surface area (Å²) < 4.78 is 0. The third-order valence-corrected chi connectivity index (χ3v) is 5.14. The third-order valence-electron chi connectivity index (χ3n) is 5.14. The van der Waals surface area contributed by atoms with Gasteiger partial charge in [0.1, 0.15) is 0 Å². The molecule has 1 saturated carbocycles. The zero-order valence-electron chi connectivity index (χ0n) is 15.3. The van der Waals surface area contributed by atoms with Gasteiger partial charge in [-0.3, -0.25) is 9.59 Å². The smallest absolute Gasteiger partial charge is 0.309 e. The zero-order valence-corrected chi connectivity index (χ0v) is 15.3. The van der Waals surface area contributed by atoms with Crippen LogP contribution in [0.2, 0.25) is 0 Å². The fourth-order valence-corrected chi connectivity index (χ4v) is 3.44. The second-order valence-electron chi connectivity index (χ2n) is 7.99. The first kappa shape index (κ1) is 18.5. The Labute approximate surface area is 145 Å². The maximum Gasteiger partial charge on any atom is 0.309 e. The van der Waals surface area contributed by atoms with Crippen LogP contribution in [0.5, 0.6) is 0 Å². The second-order valence-corrected chi connectivity index (χ2v) is 7.99. The number of hydrogen-bond acceptors (Lipinski definition) is 2. The maximum absolute atomic E-state index is 12.1. The molecule has 0 spiro atoms. The van der Waals surface area contributed by atoms with Crippen LogP contribution in [0.25, 0.3) is 0 Å². The predicted octanol–water partition coefficient (Wildman–Crippen LogP) is 3.58. The first-order valence-electron chi connectivity index (χ1n) is 8.93. The molecule has 0 bridgehead atoms. The minimum absolute atomic E-state index is 0.119. The van der Waals surface area contributed by atoms with Crippen LogP contribution in [-0.4, -0.2) is 17.9 Å². The summed E-state index contributed by atoms with van der Waals surface area (Å²) in [4.78, 5) is 24.2. The van der Waals surface area contributed by atoms with E-state index in [9.17, 15) is 9.59 Å². The van der Waals surface area contributed by atoms with E-state index in [1.165, 1.54) is 0 Å². The highest BCUT2D eigenvalue weighted by molar-refractivity contribution is 6.35. The van der Waals surface area contributed by atoms with Gasteiger partial charge in [0.05, 0.1) is 6.04 Å². The first-order valence-corrected chi connectivity index (χ1v) is 8.93. The van der Waals surface area contributed by atoms with Crippen LogP contribution in [0.4, 0.5) is 0 Å². The number of rotatable bonds is 3. The highest BCUT2D eigenvalue weighted by Gasteiger charge is 2.31. The number of carbonyl (C=O) groups excluding carboxylic acids is 2. The SMILES string of the molecule is C[C@@H](NC(=O)C(=O)NC1CCC(C(C)(C)C)CC1)c1ccccc1. The molecule has 0 radical (unpaired) electrons. The summed E-state index contributed by atoms with van der Waals surface area (Å²) in [7, 11) is 0. The quantitative estimate of drug-likeness (QED) is 0.832. The highest BCUT2D eigenvalue weighted by Crippen LogP contribution is 2.37. The second kappa shape index (κ2) is 7.82. The van der Waals surface area contributed by atoms with E-state index in [0.717, 1.165) is 31.2 Å². The average molecular weight is 330 g/mol. The molecule has 4 heteroatoms. The van der Waals surface area contributed by atoms with Crippen molar-refractivity contribution in [1.82, 2.24) is 10.6 Å². The lowest BCUT2D eigenvalue weighted by molar-refractivity contribution is -0.140. The summed E-state index contributed by atoms with van der Waals surface area (Å²) in [5, 5.41) is 5.66. The Kier molecular flexibility index (Phi) is 6.03. The van der Waals surface area contributed by atoms with Crippen LogP contribution >= 0.6 is 0 Å². The molecule has 0 aliphatic heterocycles. The molecule has 0 unspecified atom stereocenters. The van der Waals surface area contributed by atoms with Gasteiger partial charge in [-0.1, -0.05) is 51.1 Å². The summed E-state index contributed by atoms with van der Waals surface area (Å²) in [6.45, 7) is 8.70. The molecule has 0 aromatic heterocycles. The van der Waals surface area contributed by atoms with Crippen molar-refractivity contribution >= 4 is 11.8 Å². The maximum atomic E-state index is 12.1. The molecule has 0 heterocycles. The summed E-state index contributed by atoms with van der Waals surface area (Å²) in [6.07, 6.45) is 4.12. The molecule has 2 rings (SSSR count). The van der Waals surface area contributed by atoms with E-state index in [4.69, 9.17) is 0 Å².